The summed E-state index contributed by atoms with van der Waals surface area (Å²) >= 11 is 0. The van der Waals surface area contributed by atoms with Crippen molar-refractivity contribution in [1.29, 1.82) is 0 Å². The molecule has 6 aromatic rings. The minimum absolute atomic E-state index is 0.170. The molecule has 0 bridgehead atoms. The number of phenols is 1. The van der Waals surface area contributed by atoms with Crippen LogP contribution in [0.1, 0.15) is 51.2 Å². The van der Waals surface area contributed by atoms with E-state index < -0.39 is 20.2 Å². The number of hydrogen-bond donors (Lipinski definition) is 2. The minimum atomic E-state index is -2.97. The molecular weight excluding hydrogens is 797 g/mol. The van der Waals surface area contributed by atoms with Crippen LogP contribution in [0.3, 0.4) is 0 Å². The molecule has 0 aromatic heterocycles. The lowest BCUT2D eigenvalue weighted by Gasteiger charge is -2.44. The van der Waals surface area contributed by atoms with E-state index in [2.05, 4.69) is 92.8 Å². The van der Waals surface area contributed by atoms with E-state index in [0.717, 1.165) is 39.2 Å². The molecular formula is C55H54N2O5Si. The standard InChI is InChI=1S/C55H54N2O5Si/c1-55(2,3)63(45-23-12-6-13-24-45,46-25-14-7-15-26-46)62-36-41-35-47-52(54(60)57(53(47)59)44-31-29-43(30-32-44)56-42-21-10-5-11-22-42)48-37-61-50(51(41)48)33-28-39(38-18-8-4-9-19-38)34-40-20-16-17-27-49(40)58/h4-27,29-32,34,47-48,50,52,56,58H,28,33,35-37H2,1-3H3/b39-34-/t47-,48+,50-,52-/m1/s1. The third-order valence-electron chi connectivity index (χ3n) is 13.2. The number of para-hydroxylation sites is 2. The predicted molar refractivity (Wildman–Crippen MR) is 256 cm³/mol. The van der Waals surface area contributed by atoms with Crippen LogP contribution in [0.15, 0.2) is 181 Å². The van der Waals surface area contributed by atoms with E-state index in [1.54, 1.807) is 6.07 Å². The second kappa shape index (κ2) is 17.8. The van der Waals surface area contributed by atoms with E-state index in [-0.39, 0.29) is 34.6 Å². The van der Waals surface area contributed by atoms with Crippen molar-refractivity contribution in [3.63, 3.8) is 0 Å². The van der Waals surface area contributed by atoms with Gasteiger partial charge in [0, 0.05) is 22.9 Å². The van der Waals surface area contributed by atoms with Gasteiger partial charge < -0.3 is 19.6 Å². The zero-order valence-corrected chi connectivity index (χ0v) is 37.1. The zero-order chi connectivity index (χ0) is 43.6. The van der Waals surface area contributed by atoms with Gasteiger partial charge >= 0.3 is 0 Å². The number of nitrogens with zero attached hydrogens (tertiary/aromatic N) is 1. The van der Waals surface area contributed by atoms with Crippen LogP contribution in [0.2, 0.25) is 5.04 Å². The molecule has 2 saturated heterocycles. The monoisotopic (exact) mass is 850 g/mol. The highest BCUT2D eigenvalue weighted by molar-refractivity contribution is 6.99. The highest BCUT2D eigenvalue weighted by atomic mass is 28.4. The Hall–Kier alpha value is -6.32. The van der Waals surface area contributed by atoms with Crippen molar-refractivity contribution in [3.05, 3.63) is 192 Å². The maximum Gasteiger partial charge on any atom is 0.261 e. The van der Waals surface area contributed by atoms with E-state index in [1.807, 2.05) is 103 Å². The van der Waals surface area contributed by atoms with Crippen molar-refractivity contribution in [2.45, 2.75) is 51.2 Å². The number of benzene rings is 6. The van der Waals surface area contributed by atoms with Crippen molar-refractivity contribution < 1.29 is 23.9 Å². The molecule has 2 aliphatic heterocycles. The Balaban J connectivity index is 1.08. The highest BCUT2D eigenvalue weighted by Gasteiger charge is 2.58. The van der Waals surface area contributed by atoms with Crippen molar-refractivity contribution in [2.24, 2.45) is 17.8 Å². The first-order valence-electron chi connectivity index (χ1n) is 22.0. The van der Waals surface area contributed by atoms with Gasteiger partial charge in [0.2, 0.25) is 11.8 Å². The molecule has 3 aliphatic rings. The zero-order valence-electron chi connectivity index (χ0n) is 36.1. The van der Waals surface area contributed by atoms with Gasteiger partial charge in [0.25, 0.3) is 8.32 Å². The van der Waals surface area contributed by atoms with Crippen LogP contribution in [0.5, 0.6) is 5.75 Å². The van der Waals surface area contributed by atoms with Gasteiger partial charge in [-0.25, -0.2) is 0 Å². The van der Waals surface area contributed by atoms with E-state index in [4.69, 9.17) is 9.16 Å². The third-order valence-corrected chi connectivity index (χ3v) is 18.1. The lowest BCUT2D eigenvalue weighted by Crippen LogP contribution is -2.66. The second-order valence-electron chi connectivity index (χ2n) is 18.0. The number of anilines is 3. The quantitative estimate of drug-likeness (QED) is 0.0521. The van der Waals surface area contributed by atoms with Crippen molar-refractivity contribution in [1.82, 2.24) is 0 Å². The van der Waals surface area contributed by atoms with Crippen LogP contribution in [0.4, 0.5) is 17.1 Å². The van der Waals surface area contributed by atoms with Gasteiger partial charge in [0.15, 0.2) is 0 Å². The summed E-state index contributed by atoms with van der Waals surface area (Å²) in [7, 11) is -2.97. The Morgan fingerprint density at radius 1 is 0.730 bits per heavy atom. The van der Waals surface area contributed by atoms with Crippen LogP contribution in [0.25, 0.3) is 11.6 Å². The summed E-state index contributed by atoms with van der Waals surface area (Å²) in [5.74, 6) is -1.46. The number of imide groups is 1. The molecule has 0 saturated carbocycles. The van der Waals surface area contributed by atoms with Crippen molar-refractivity contribution >= 4 is 59.2 Å². The number of hydrogen-bond acceptors (Lipinski definition) is 6. The molecule has 4 atom stereocenters. The number of rotatable bonds is 13. The van der Waals surface area contributed by atoms with E-state index >= 15 is 0 Å². The largest absolute Gasteiger partial charge is 0.507 e. The van der Waals surface area contributed by atoms with Crippen LogP contribution in [-0.2, 0) is 18.8 Å². The van der Waals surface area contributed by atoms with Crippen LogP contribution in [0, 0.1) is 17.8 Å². The molecule has 2 N–H and O–H groups in total. The van der Waals surface area contributed by atoms with Gasteiger partial charge in [-0.3, -0.25) is 14.5 Å². The number of carbonyl (C=O) groups is 2. The Labute approximate surface area is 371 Å². The Morgan fingerprint density at radius 2 is 1.30 bits per heavy atom. The number of amides is 2. The maximum atomic E-state index is 14.7. The maximum absolute atomic E-state index is 14.7. The summed E-state index contributed by atoms with van der Waals surface area (Å²) in [5.41, 5.74) is 7.46. The van der Waals surface area contributed by atoms with E-state index in [9.17, 15) is 14.7 Å². The lowest BCUT2D eigenvalue weighted by atomic mass is 9.69. The molecule has 2 amide bonds. The summed E-state index contributed by atoms with van der Waals surface area (Å²) in [6, 6.07) is 56.4. The van der Waals surface area contributed by atoms with Gasteiger partial charge in [-0.05, 0) is 105 Å². The molecule has 6 aromatic carbocycles. The lowest BCUT2D eigenvalue weighted by molar-refractivity contribution is -0.122. The van der Waals surface area contributed by atoms with Gasteiger partial charge in [0.05, 0.1) is 36.8 Å². The predicted octanol–water partition coefficient (Wildman–Crippen LogP) is 10.6. The molecule has 1 aliphatic carbocycles. The number of phenolic OH excluding ortho intramolecular Hbond substituents is 1. The molecule has 318 valence electrons. The summed E-state index contributed by atoms with van der Waals surface area (Å²) in [6.45, 7) is 7.50. The molecule has 8 heteroatoms. The second-order valence-corrected chi connectivity index (χ2v) is 22.3. The third kappa shape index (κ3) is 8.22. The van der Waals surface area contributed by atoms with Crippen LogP contribution in [-0.4, -0.2) is 44.6 Å². The molecule has 2 fully saturated rings. The summed E-state index contributed by atoms with van der Waals surface area (Å²) in [5, 5.41) is 16.3. The average Bonchev–Trinajstić information content (AvgIpc) is 3.84. The molecule has 9 rings (SSSR count). The first kappa shape index (κ1) is 42.0. The molecule has 2 heterocycles. The fourth-order valence-corrected chi connectivity index (χ4v) is 14.8. The molecule has 0 radical (unpaired) electrons. The van der Waals surface area contributed by atoms with Gasteiger partial charge in [-0.15, -0.1) is 0 Å². The fourth-order valence-electron chi connectivity index (χ4n) is 10.2. The van der Waals surface area contributed by atoms with Crippen LogP contribution >= 0.6 is 0 Å². The SMILES string of the molecule is CC(C)(C)[Si](OCC1=C2[C@@H](CC/C(=C/c3ccccc3O)c3ccccc3)OC[C@@H]2[C@@H]2C(=O)N(c3ccc(Nc4ccccc4)cc3)C(=O)[C@@H]2C1)(c1ccccc1)c1ccccc1. The Morgan fingerprint density at radius 3 is 1.92 bits per heavy atom. The Kier molecular flexibility index (Phi) is 11.9. The first-order valence-corrected chi connectivity index (χ1v) is 24.0. The Bertz CT molecular complexity index is 2590. The van der Waals surface area contributed by atoms with Crippen molar-refractivity contribution in [2.75, 3.05) is 23.4 Å². The molecule has 63 heavy (non-hydrogen) atoms. The van der Waals surface area contributed by atoms with Gasteiger partial charge in [-0.1, -0.05) is 148 Å². The number of fused-ring (bicyclic) bond motifs is 3. The average molecular weight is 851 g/mol. The van der Waals surface area contributed by atoms with Crippen LogP contribution < -0.4 is 20.6 Å². The number of nitrogens with one attached hydrogen (secondary N) is 1. The number of carbonyl (C=O) groups excluding carboxylic acids is 2. The topological polar surface area (TPSA) is 88.1 Å². The number of ether oxygens (including phenoxy) is 1. The number of allylic oxidation sites excluding steroid dienone is 1. The highest BCUT2D eigenvalue weighted by Crippen LogP contribution is 2.51. The van der Waals surface area contributed by atoms with E-state index in [1.165, 1.54) is 15.3 Å². The molecule has 7 nitrogen and oxygen atoms in total. The molecule has 0 unspecified atom stereocenters. The van der Waals surface area contributed by atoms with E-state index in [0.29, 0.717) is 38.2 Å². The smallest absolute Gasteiger partial charge is 0.261 e. The van der Waals surface area contributed by atoms with Crippen molar-refractivity contribution in [3.8, 4) is 5.75 Å². The van der Waals surface area contributed by atoms with Gasteiger partial charge in [-0.2, -0.15) is 0 Å². The minimum Gasteiger partial charge on any atom is -0.507 e. The first-order chi connectivity index (χ1) is 30.6. The van der Waals surface area contributed by atoms with Gasteiger partial charge in [0.1, 0.15) is 5.75 Å². The normalized spacial score (nSPS) is 20.2. The number of aromatic hydroxyl groups is 1. The summed E-state index contributed by atoms with van der Waals surface area (Å²) < 4.78 is 14.4. The fraction of sp³-hybridized carbons (Fsp3) is 0.236. The molecule has 0 spiro atoms. The summed E-state index contributed by atoms with van der Waals surface area (Å²) in [4.78, 5) is 30.8. The summed E-state index contributed by atoms with van der Waals surface area (Å²) in [6.07, 6.45) is 3.52.